The number of phenols is 1. The van der Waals surface area contributed by atoms with Gasteiger partial charge in [0, 0.05) is 11.8 Å². The molecule has 0 unspecified atom stereocenters. The van der Waals surface area contributed by atoms with Crippen molar-refractivity contribution in [2.75, 3.05) is 6.61 Å². The Bertz CT molecular complexity index is 611. The monoisotopic (exact) mass is 258 g/mol. The fourth-order valence-electron chi connectivity index (χ4n) is 1.66. The first-order chi connectivity index (χ1) is 9.11. The lowest BCUT2D eigenvalue weighted by Gasteiger charge is -2.06. The highest BCUT2D eigenvalue weighted by molar-refractivity contribution is 5.90. The molecule has 2 aromatic rings. The van der Waals surface area contributed by atoms with Crippen LogP contribution in [0.15, 0.2) is 30.5 Å². The maximum Gasteiger partial charge on any atom is 0.341 e. The van der Waals surface area contributed by atoms with Crippen LogP contribution in [0, 0.1) is 6.92 Å². The van der Waals surface area contributed by atoms with E-state index >= 15 is 0 Å². The van der Waals surface area contributed by atoms with Crippen molar-refractivity contribution in [1.29, 1.82) is 0 Å². The van der Waals surface area contributed by atoms with Crippen molar-refractivity contribution in [2.45, 2.75) is 13.8 Å². The number of benzene rings is 1. The highest BCUT2D eigenvalue weighted by Crippen LogP contribution is 2.20. The Morgan fingerprint density at radius 3 is 2.84 bits per heavy atom. The maximum atomic E-state index is 11.6. The minimum Gasteiger partial charge on any atom is -0.508 e. The summed E-state index contributed by atoms with van der Waals surface area (Å²) in [6, 6.07) is 6.64. The molecular formula is C14H14N2O3. The lowest BCUT2D eigenvalue weighted by Crippen LogP contribution is -2.09. The van der Waals surface area contributed by atoms with E-state index < -0.39 is 5.97 Å². The van der Waals surface area contributed by atoms with Crippen molar-refractivity contribution in [2.24, 2.45) is 0 Å². The Morgan fingerprint density at radius 2 is 2.21 bits per heavy atom. The highest BCUT2D eigenvalue weighted by atomic mass is 16.5. The van der Waals surface area contributed by atoms with Gasteiger partial charge in [-0.3, -0.25) is 0 Å². The molecule has 5 heteroatoms. The molecule has 0 radical (unpaired) electrons. The van der Waals surface area contributed by atoms with Crippen molar-refractivity contribution in [1.82, 2.24) is 9.97 Å². The van der Waals surface area contributed by atoms with Crippen LogP contribution in [0.4, 0.5) is 0 Å². The zero-order valence-electron chi connectivity index (χ0n) is 10.8. The molecule has 19 heavy (non-hydrogen) atoms. The van der Waals surface area contributed by atoms with Gasteiger partial charge in [-0.15, -0.1) is 0 Å². The zero-order chi connectivity index (χ0) is 13.8. The van der Waals surface area contributed by atoms with E-state index in [9.17, 15) is 9.90 Å². The van der Waals surface area contributed by atoms with Crippen LogP contribution in [0.1, 0.15) is 23.0 Å². The van der Waals surface area contributed by atoms with E-state index in [1.54, 1.807) is 38.1 Å². The summed E-state index contributed by atoms with van der Waals surface area (Å²) >= 11 is 0. The average molecular weight is 258 g/mol. The Kier molecular flexibility index (Phi) is 3.75. The third kappa shape index (κ3) is 2.88. The molecule has 0 bridgehead atoms. The summed E-state index contributed by atoms with van der Waals surface area (Å²) in [6.45, 7) is 3.78. The molecule has 1 heterocycles. The number of phenolic OH excluding ortho intramolecular Hbond substituents is 1. The molecule has 1 aromatic heterocycles. The first-order valence-electron chi connectivity index (χ1n) is 5.92. The molecule has 5 nitrogen and oxygen atoms in total. The molecule has 0 saturated heterocycles. The molecule has 2 rings (SSSR count). The standard InChI is InChI=1S/C14H14N2O3/c1-3-19-14(18)12-8-15-13(16-9(12)2)10-5-4-6-11(17)7-10/h4-8,17H,3H2,1-2H3. The van der Waals surface area contributed by atoms with E-state index in [1.165, 1.54) is 6.20 Å². The Hall–Kier alpha value is -2.43. The van der Waals surface area contributed by atoms with Crippen LogP contribution in [0.25, 0.3) is 11.4 Å². The third-order valence-electron chi connectivity index (χ3n) is 2.58. The van der Waals surface area contributed by atoms with Gasteiger partial charge >= 0.3 is 5.97 Å². The number of carbonyl (C=O) groups excluding carboxylic acids is 1. The number of carbonyl (C=O) groups is 1. The van der Waals surface area contributed by atoms with E-state index in [1.807, 2.05) is 0 Å². The number of aryl methyl sites for hydroxylation is 1. The number of aromatic nitrogens is 2. The molecule has 0 fully saturated rings. The van der Waals surface area contributed by atoms with E-state index in [0.29, 0.717) is 29.3 Å². The van der Waals surface area contributed by atoms with Crippen LogP contribution >= 0.6 is 0 Å². The second kappa shape index (κ2) is 5.48. The molecule has 0 saturated carbocycles. The summed E-state index contributed by atoms with van der Waals surface area (Å²) in [4.78, 5) is 20.0. The summed E-state index contributed by atoms with van der Waals surface area (Å²) in [7, 11) is 0. The smallest absolute Gasteiger partial charge is 0.341 e. The number of ether oxygens (including phenoxy) is 1. The largest absolute Gasteiger partial charge is 0.508 e. The summed E-state index contributed by atoms with van der Waals surface area (Å²) in [5, 5.41) is 9.43. The summed E-state index contributed by atoms with van der Waals surface area (Å²) in [5.41, 5.74) is 1.59. The molecule has 1 N–H and O–H groups in total. The number of esters is 1. The van der Waals surface area contributed by atoms with Gasteiger partial charge in [-0.1, -0.05) is 12.1 Å². The Labute approximate surface area is 110 Å². The van der Waals surface area contributed by atoms with Crippen LogP contribution in [-0.2, 0) is 4.74 Å². The van der Waals surface area contributed by atoms with Crippen LogP contribution in [0.5, 0.6) is 5.75 Å². The number of hydrogen-bond acceptors (Lipinski definition) is 5. The first-order valence-corrected chi connectivity index (χ1v) is 5.92. The predicted octanol–water partition coefficient (Wildman–Crippen LogP) is 2.33. The average Bonchev–Trinajstić information content (AvgIpc) is 2.38. The minimum atomic E-state index is -0.428. The fourth-order valence-corrected chi connectivity index (χ4v) is 1.66. The van der Waals surface area contributed by atoms with Crippen molar-refractivity contribution < 1.29 is 14.6 Å². The van der Waals surface area contributed by atoms with Crippen LogP contribution in [0.3, 0.4) is 0 Å². The number of rotatable bonds is 3. The molecule has 0 spiro atoms. The molecule has 0 amide bonds. The minimum absolute atomic E-state index is 0.147. The van der Waals surface area contributed by atoms with Crippen LogP contribution < -0.4 is 0 Å². The fraction of sp³-hybridized carbons (Fsp3) is 0.214. The predicted molar refractivity (Wildman–Crippen MR) is 69.8 cm³/mol. The second-order valence-electron chi connectivity index (χ2n) is 3.96. The lowest BCUT2D eigenvalue weighted by atomic mass is 10.2. The van der Waals surface area contributed by atoms with Gasteiger partial charge < -0.3 is 9.84 Å². The van der Waals surface area contributed by atoms with Gasteiger partial charge in [-0.2, -0.15) is 0 Å². The molecule has 0 atom stereocenters. The van der Waals surface area contributed by atoms with E-state index in [0.717, 1.165) is 0 Å². The second-order valence-corrected chi connectivity index (χ2v) is 3.96. The van der Waals surface area contributed by atoms with Crippen molar-refractivity contribution in [3.05, 3.63) is 41.7 Å². The number of hydrogen-bond donors (Lipinski definition) is 1. The zero-order valence-corrected chi connectivity index (χ0v) is 10.8. The molecule has 1 aromatic carbocycles. The maximum absolute atomic E-state index is 11.6. The Balaban J connectivity index is 2.36. The van der Waals surface area contributed by atoms with E-state index in [2.05, 4.69) is 9.97 Å². The Morgan fingerprint density at radius 1 is 1.42 bits per heavy atom. The molecule has 0 aliphatic heterocycles. The van der Waals surface area contributed by atoms with Crippen molar-refractivity contribution in [3.63, 3.8) is 0 Å². The van der Waals surface area contributed by atoms with Gasteiger partial charge in [-0.05, 0) is 26.0 Å². The van der Waals surface area contributed by atoms with Crippen LogP contribution in [-0.4, -0.2) is 27.7 Å². The summed E-state index contributed by atoms with van der Waals surface area (Å²) < 4.78 is 4.91. The van der Waals surface area contributed by atoms with Crippen molar-refractivity contribution >= 4 is 5.97 Å². The van der Waals surface area contributed by atoms with Gasteiger partial charge in [0.15, 0.2) is 5.82 Å². The van der Waals surface area contributed by atoms with Crippen molar-refractivity contribution in [3.8, 4) is 17.1 Å². The quantitative estimate of drug-likeness (QED) is 0.855. The molecule has 0 aliphatic rings. The summed E-state index contributed by atoms with van der Waals surface area (Å²) in [5.74, 6) is 0.178. The highest BCUT2D eigenvalue weighted by Gasteiger charge is 2.13. The van der Waals surface area contributed by atoms with Gasteiger partial charge in [0.2, 0.25) is 0 Å². The molecule has 0 aliphatic carbocycles. The van der Waals surface area contributed by atoms with Gasteiger partial charge in [-0.25, -0.2) is 14.8 Å². The number of nitrogens with zero attached hydrogens (tertiary/aromatic N) is 2. The SMILES string of the molecule is CCOC(=O)c1cnc(-c2cccc(O)c2)nc1C. The normalized spacial score (nSPS) is 10.2. The molecule has 98 valence electrons. The van der Waals surface area contributed by atoms with Gasteiger partial charge in [0.25, 0.3) is 0 Å². The first kappa shape index (κ1) is 13.0. The molecular weight excluding hydrogens is 244 g/mol. The third-order valence-corrected chi connectivity index (χ3v) is 2.58. The van der Waals surface area contributed by atoms with E-state index in [-0.39, 0.29) is 5.75 Å². The summed E-state index contributed by atoms with van der Waals surface area (Å²) in [6.07, 6.45) is 1.44. The van der Waals surface area contributed by atoms with Gasteiger partial charge in [0.05, 0.1) is 17.9 Å². The number of aromatic hydroxyl groups is 1. The lowest BCUT2D eigenvalue weighted by molar-refractivity contribution is 0.0524. The van der Waals surface area contributed by atoms with E-state index in [4.69, 9.17) is 4.74 Å². The van der Waals surface area contributed by atoms with Gasteiger partial charge in [0.1, 0.15) is 5.75 Å². The topological polar surface area (TPSA) is 72.3 Å². The van der Waals surface area contributed by atoms with Crippen LogP contribution in [0.2, 0.25) is 0 Å².